The third kappa shape index (κ3) is 11.8. The Morgan fingerprint density at radius 3 is 1.83 bits per heavy atom. The second-order valence-corrected chi connectivity index (χ2v) is 7.06. The summed E-state index contributed by atoms with van der Waals surface area (Å²) in [6, 6.07) is 18.5. The molecule has 2 aromatic carbocycles. The molecule has 0 saturated heterocycles. The number of carbonyl (C=O) groups is 2. The molecule has 30 heavy (non-hydrogen) atoms. The van der Waals surface area contributed by atoms with Gasteiger partial charge < -0.3 is 15.2 Å². The Kier molecular flexibility index (Phi) is 12.5. The van der Waals surface area contributed by atoms with Crippen molar-refractivity contribution < 1.29 is 19.1 Å². The van der Waals surface area contributed by atoms with Crippen molar-refractivity contribution in [2.75, 3.05) is 12.5 Å². The van der Waals surface area contributed by atoms with Gasteiger partial charge in [0.15, 0.2) is 10.3 Å². The van der Waals surface area contributed by atoms with Crippen LogP contribution in [0.5, 0.6) is 0 Å². The molecule has 2 aromatic rings. The first-order chi connectivity index (χ1) is 14.4. The van der Waals surface area contributed by atoms with Gasteiger partial charge in [-0.05, 0) is 23.6 Å². The van der Waals surface area contributed by atoms with Crippen molar-refractivity contribution in [2.24, 2.45) is 10.7 Å². The number of carbonyl (C=O) groups excluding carboxylic acids is 2. The Hall–Kier alpha value is -2.98. The molecule has 0 aromatic heterocycles. The lowest BCUT2D eigenvalue weighted by Crippen LogP contribution is -2.29. The minimum Gasteiger partial charge on any atom is -0.444 e. The molecule has 0 spiro atoms. The van der Waals surface area contributed by atoms with E-state index in [9.17, 15) is 9.59 Å². The summed E-state index contributed by atoms with van der Waals surface area (Å²) in [4.78, 5) is 27.2. The van der Waals surface area contributed by atoms with Gasteiger partial charge >= 0.3 is 12.2 Å². The summed E-state index contributed by atoms with van der Waals surface area (Å²) in [5.41, 5.74) is 6.56. The van der Waals surface area contributed by atoms with E-state index in [0.717, 1.165) is 22.9 Å². The molecule has 0 aliphatic carbocycles. The number of alkyl carbamates (subject to hydrolysis) is 1. The number of thioether (sulfide) groups is 2. The number of nitrogens with zero attached hydrogens (tertiary/aromatic N) is 1. The first-order valence-corrected chi connectivity index (χ1v) is 11.1. The fourth-order valence-corrected chi connectivity index (χ4v) is 2.16. The van der Waals surface area contributed by atoms with Crippen LogP contribution in [0.2, 0.25) is 0 Å². The third-order valence-corrected chi connectivity index (χ3v) is 4.25. The van der Waals surface area contributed by atoms with E-state index in [1.54, 1.807) is 12.5 Å². The Bertz CT molecular complexity index is 833. The molecule has 2 amide bonds. The number of nitrogens with one attached hydrogen (secondary N) is 2. The predicted octanol–water partition coefficient (Wildman–Crippen LogP) is 4.21. The summed E-state index contributed by atoms with van der Waals surface area (Å²) < 4.78 is 10.1. The summed E-state index contributed by atoms with van der Waals surface area (Å²) >= 11 is 2.35. The van der Waals surface area contributed by atoms with E-state index in [2.05, 4.69) is 10.3 Å². The smallest absolute Gasteiger partial charge is 0.436 e. The Balaban J connectivity index is 0.000000804. The summed E-state index contributed by atoms with van der Waals surface area (Å²) in [5.74, 6) is 0. The summed E-state index contributed by atoms with van der Waals surface area (Å²) in [6.07, 6.45) is 1.98. The lowest BCUT2D eigenvalue weighted by Gasteiger charge is -2.08. The summed E-state index contributed by atoms with van der Waals surface area (Å²) in [6.45, 7) is 0.246. The van der Waals surface area contributed by atoms with Crippen LogP contribution < -0.4 is 11.1 Å². The predicted molar refractivity (Wildman–Crippen MR) is 123 cm³/mol. The second kappa shape index (κ2) is 14.9. The largest absolute Gasteiger partial charge is 0.444 e. The van der Waals surface area contributed by atoms with E-state index >= 15 is 0 Å². The normalized spacial score (nSPS) is 10.3. The Morgan fingerprint density at radius 2 is 1.40 bits per heavy atom. The maximum absolute atomic E-state index is 11.8. The van der Waals surface area contributed by atoms with Crippen LogP contribution in [0.25, 0.3) is 0 Å². The Morgan fingerprint density at radius 1 is 0.933 bits per heavy atom. The molecule has 2 rings (SSSR count). The van der Waals surface area contributed by atoms with Crippen molar-refractivity contribution in [3.63, 3.8) is 0 Å². The summed E-state index contributed by atoms with van der Waals surface area (Å²) in [5, 5.41) is 9.18. The number of aliphatic imine (C=N–C) groups is 1. The zero-order valence-electron chi connectivity index (χ0n) is 16.7. The summed E-state index contributed by atoms with van der Waals surface area (Å²) in [7, 11) is 0. The highest BCUT2D eigenvalue weighted by molar-refractivity contribution is 8.13. The average molecular weight is 449 g/mol. The Labute approximate surface area is 184 Å². The van der Waals surface area contributed by atoms with Crippen LogP contribution in [0.1, 0.15) is 11.1 Å². The number of hydrogen-bond donors (Lipinski definition) is 3. The average Bonchev–Trinajstić information content (AvgIpc) is 2.77. The van der Waals surface area contributed by atoms with Crippen LogP contribution in [0.3, 0.4) is 0 Å². The van der Waals surface area contributed by atoms with E-state index in [1.807, 2.05) is 60.7 Å². The minimum absolute atomic E-state index is 0.108. The molecule has 160 valence electrons. The van der Waals surface area contributed by atoms with Gasteiger partial charge in [-0.1, -0.05) is 84.2 Å². The van der Waals surface area contributed by atoms with Gasteiger partial charge in [-0.3, -0.25) is 10.7 Å². The van der Waals surface area contributed by atoms with E-state index in [-0.39, 0.29) is 23.5 Å². The van der Waals surface area contributed by atoms with Crippen LogP contribution >= 0.6 is 23.5 Å². The number of hydrogen-bond acceptors (Lipinski definition) is 7. The van der Waals surface area contributed by atoms with Gasteiger partial charge in [0.05, 0.1) is 0 Å². The van der Waals surface area contributed by atoms with Gasteiger partial charge in [0.2, 0.25) is 0 Å². The third-order valence-electron chi connectivity index (χ3n) is 3.23. The lowest BCUT2D eigenvalue weighted by atomic mass is 10.2. The fraction of sp³-hybridized carbons (Fsp3) is 0.200. The molecule has 10 heteroatoms. The van der Waals surface area contributed by atoms with Crippen molar-refractivity contribution in [2.45, 2.75) is 13.2 Å². The number of benzene rings is 2. The molecular formula is C20H24N4O4S2. The first kappa shape index (κ1) is 25.1. The number of nitrogens with two attached hydrogens (primary N) is 1. The maximum atomic E-state index is 11.8. The first-order valence-electron chi connectivity index (χ1n) is 8.63. The molecule has 4 N–H and O–H groups in total. The molecule has 0 radical (unpaired) electrons. The zero-order chi connectivity index (χ0) is 22.2. The number of amides is 2. The van der Waals surface area contributed by atoms with Crippen LogP contribution in [-0.4, -0.2) is 35.0 Å². The van der Waals surface area contributed by atoms with Crippen molar-refractivity contribution in [3.8, 4) is 0 Å². The number of ether oxygens (including phenoxy) is 2. The molecule has 8 nitrogen and oxygen atoms in total. The van der Waals surface area contributed by atoms with Crippen LogP contribution in [0.15, 0.2) is 65.7 Å². The lowest BCUT2D eigenvalue weighted by molar-refractivity contribution is 0.145. The SMILES string of the molecule is CSC(=N)N.CSC(=NC(=O)OCc1ccccc1)NC(=O)OCc1ccccc1. The quantitative estimate of drug-likeness (QED) is 0.472. The standard InChI is InChI=1S/C18H18N2O4S.C2H6N2S/c1-25-16(19-17(21)23-12-14-8-4-2-5-9-14)20-18(22)24-13-15-10-6-3-7-11-15;1-5-2(3)4/h2-11H,12-13H2,1H3,(H,19,20,21,22);1H3,(H3,3,4). The molecule has 0 aliphatic rings. The molecule has 0 atom stereocenters. The molecule has 0 bridgehead atoms. The maximum Gasteiger partial charge on any atom is 0.436 e. The molecule has 0 heterocycles. The van der Waals surface area contributed by atoms with Crippen LogP contribution in [0, 0.1) is 5.41 Å². The number of rotatable bonds is 4. The van der Waals surface area contributed by atoms with Gasteiger partial charge in [-0.2, -0.15) is 4.99 Å². The van der Waals surface area contributed by atoms with Gasteiger partial charge in [0.25, 0.3) is 0 Å². The highest BCUT2D eigenvalue weighted by atomic mass is 32.2. The van der Waals surface area contributed by atoms with Crippen molar-refractivity contribution >= 4 is 46.0 Å². The molecule has 0 unspecified atom stereocenters. The molecule has 0 aliphatic heterocycles. The highest BCUT2D eigenvalue weighted by Crippen LogP contribution is 2.04. The van der Waals surface area contributed by atoms with Gasteiger partial charge in [0.1, 0.15) is 13.2 Å². The second-order valence-electron chi connectivity index (χ2n) is 5.42. The molecular weight excluding hydrogens is 424 g/mol. The molecule has 0 fully saturated rings. The van der Waals surface area contributed by atoms with E-state index in [4.69, 9.17) is 20.6 Å². The van der Waals surface area contributed by atoms with Gasteiger partial charge in [0, 0.05) is 0 Å². The van der Waals surface area contributed by atoms with Crippen LogP contribution in [0.4, 0.5) is 9.59 Å². The van der Waals surface area contributed by atoms with Crippen molar-refractivity contribution in [1.82, 2.24) is 5.32 Å². The number of amidine groups is 2. The van der Waals surface area contributed by atoms with Crippen LogP contribution in [-0.2, 0) is 22.7 Å². The van der Waals surface area contributed by atoms with Crippen molar-refractivity contribution in [1.29, 1.82) is 5.41 Å². The zero-order valence-corrected chi connectivity index (χ0v) is 18.3. The molecule has 0 saturated carbocycles. The van der Waals surface area contributed by atoms with E-state index in [1.165, 1.54) is 11.8 Å². The van der Waals surface area contributed by atoms with E-state index < -0.39 is 12.2 Å². The van der Waals surface area contributed by atoms with Gasteiger partial charge in [-0.15, -0.1) is 0 Å². The highest BCUT2D eigenvalue weighted by Gasteiger charge is 2.10. The van der Waals surface area contributed by atoms with E-state index in [0.29, 0.717) is 0 Å². The monoisotopic (exact) mass is 448 g/mol. The topological polar surface area (TPSA) is 127 Å². The minimum atomic E-state index is -0.781. The van der Waals surface area contributed by atoms with Gasteiger partial charge in [-0.25, -0.2) is 9.59 Å². The fourth-order valence-electron chi connectivity index (χ4n) is 1.81. The van der Waals surface area contributed by atoms with Crippen molar-refractivity contribution in [3.05, 3.63) is 71.8 Å².